The van der Waals surface area contributed by atoms with Gasteiger partial charge in [0.1, 0.15) is 17.7 Å². The molecule has 1 fully saturated rings. The molecule has 0 atom stereocenters. The maximum atomic E-state index is 13.3. The fourth-order valence-corrected chi connectivity index (χ4v) is 3.48. The van der Waals surface area contributed by atoms with Gasteiger partial charge in [0.25, 0.3) is 5.91 Å². The molecule has 26 heavy (non-hydrogen) atoms. The van der Waals surface area contributed by atoms with Crippen LogP contribution in [0.2, 0.25) is 0 Å². The van der Waals surface area contributed by atoms with Crippen molar-refractivity contribution in [3.63, 3.8) is 0 Å². The molecule has 3 heterocycles. The van der Waals surface area contributed by atoms with E-state index >= 15 is 0 Å². The molecule has 1 saturated heterocycles. The lowest BCUT2D eigenvalue weighted by atomic mass is 10.1. The molecule has 0 spiro atoms. The third kappa shape index (κ3) is 3.09. The number of anilines is 1. The van der Waals surface area contributed by atoms with Crippen molar-refractivity contribution >= 4 is 11.7 Å². The minimum Gasteiger partial charge on any atom is -0.490 e. The number of carbonyl (C=O) groups is 1. The number of nitrogens with one attached hydrogen (secondary N) is 1. The first-order valence-electron chi connectivity index (χ1n) is 8.66. The van der Waals surface area contributed by atoms with Crippen molar-refractivity contribution in [2.75, 3.05) is 18.0 Å². The topological polar surface area (TPSA) is 54.5 Å². The van der Waals surface area contributed by atoms with Gasteiger partial charge in [-0.05, 0) is 30.7 Å². The zero-order chi connectivity index (χ0) is 18.3. The second kappa shape index (κ2) is 6.55. The van der Waals surface area contributed by atoms with Crippen LogP contribution in [0, 0.1) is 18.6 Å². The number of benzene rings is 1. The maximum absolute atomic E-state index is 13.3. The summed E-state index contributed by atoms with van der Waals surface area (Å²) in [6, 6.07) is 5.50. The Labute approximate surface area is 150 Å². The molecule has 1 aromatic heterocycles. The zero-order valence-corrected chi connectivity index (χ0v) is 14.4. The van der Waals surface area contributed by atoms with Gasteiger partial charge in [-0.1, -0.05) is 0 Å². The van der Waals surface area contributed by atoms with E-state index in [0.717, 1.165) is 55.1 Å². The Bertz CT molecular complexity index is 864. The standard InChI is InChI=1S/C19H19F2N3O2/c1-11-8-14-17(10-22-19(14)25)23-18(11)24-6-4-12(5-7-24)26-13-2-3-15(20)16(21)9-13/h2-3,8-9,12H,4-7,10H2,1H3,(H,22,25). The van der Waals surface area contributed by atoms with Crippen LogP contribution in [-0.2, 0) is 6.54 Å². The molecule has 136 valence electrons. The van der Waals surface area contributed by atoms with Crippen LogP contribution in [0.3, 0.4) is 0 Å². The van der Waals surface area contributed by atoms with E-state index in [1.807, 2.05) is 13.0 Å². The molecule has 7 heteroatoms. The van der Waals surface area contributed by atoms with E-state index in [0.29, 0.717) is 17.9 Å². The fourth-order valence-electron chi connectivity index (χ4n) is 3.48. The highest BCUT2D eigenvalue weighted by atomic mass is 19.2. The van der Waals surface area contributed by atoms with E-state index in [9.17, 15) is 13.6 Å². The predicted octanol–water partition coefficient (Wildman–Crippen LogP) is 2.96. The van der Waals surface area contributed by atoms with Crippen molar-refractivity contribution in [1.82, 2.24) is 10.3 Å². The van der Waals surface area contributed by atoms with Gasteiger partial charge < -0.3 is 15.0 Å². The average Bonchev–Trinajstić information content (AvgIpc) is 2.98. The highest BCUT2D eigenvalue weighted by Gasteiger charge is 2.26. The van der Waals surface area contributed by atoms with Crippen LogP contribution in [0.4, 0.5) is 14.6 Å². The first kappa shape index (κ1) is 16.8. The Hall–Kier alpha value is -2.70. The van der Waals surface area contributed by atoms with Crippen molar-refractivity contribution in [1.29, 1.82) is 0 Å². The fraction of sp³-hybridized carbons (Fsp3) is 0.368. The Morgan fingerprint density at radius 2 is 1.96 bits per heavy atom. The molecule has 0 saturated carbocycles. The van der Waals surface area contributed by atoms with Crippen molar-refractivity contribution in [3.8, 4) is 5.75 Å². The Morgan fingerprint density at radius 3 is 2.69 bits per heavy atom. The molecular weight excluding hydrogens is 340 g/mol. The summed E-state index contributed by atoms with van der Waals surface area (Å²) in [6.45, 7) is 3.93. The number of piperidine rings is 1. The van der Waals surface area contributed by atoms with Gasteiger partial charge in [0.2, 0.25) is 0 Å². The molecule has 2 aliphatic heterocycles. The number of pyridine rings is 1. The molecule has 0 bridgehead atoms. The Kier molecular flexibility index (Phi) is 4.22. The number of nitrogens with zero attached hydrogens (tertiary/aromatic N) is 2. The van der Waals surface area contributed by atoms with Crippen LogP contribution >= 0.6 is 0 Å². The maximum Gasteiger partial charge on any atom is 0.253 e. The number of rotatable bonds is 3. The Balaban J connectivity index is 1.42. The molecule has 1 aromatic carbocycles. The molecule has 1 N–H and O–H groups in total. The second-order valence-corrected chi connectivity index (χ2v) is 6.69. The molecule has 0 aliphatic carbocycles. The predicted molar refractivity (Wildman–Crippen MR) is 92.4 cm³/mol. The molecule has 1 amide bonds. The van der Waals surface area contributed by atoms with Gasteiger partial charge in [-0.2, -0.15) is 0 Å². The van der Waals surface area contributed by atoms with Crippen molar-refractivity contribution in [3.05, 3.63) is 52.7 Å². The monoisotopic (exact) mass is 359 g/mol. The number of hydrogen-bond acceptors (Lipinski definition) is 4. The van der Waals surface area contributed by atoms with Crippen LogP contribution in [0.25, 0.3) is 0 Å². The number of halogens is 2. The average molecular weight is 359 g/mol. The van der Waals surface area contributed by atoms with E-state index in [-0.39, 0.29) is 12.0 Å². The summed E-state index contributed by atoms with van der Waals surface area (Å²) in [4.78, 5) is 18.6. The largest absolute Gasteiger partial charge is 0.490 e. The summed E-state index contributed by atoms with van der Waals surface area (Å²) in [7, 11) is 0. The summed E-state index contributed by atoms with van der Waals surface area (Å²) in [5.74, 6) is -0.606. The van der Waals surface area contributed by atoms with Gasteiger partial charge in [0.05, 0.1) is 17.8 Å². The second-order valence-electron chi connectivity index (χ2n) is 6.69. The van der Waals surface area contributed by atoms with Gasteiger partial charge in [-0.3, -0.25) is 4.79 Å². The first-order chi connectivity index (χ1) is 12.5. The van der Waals surface area contributed by atoms with Crippen LogP contribution < -0.4 is 15.0 Å². The number of aromatic nitrogens is 1. The number of ether oxygens (including phenoxy) is 1. The van der Waals surface area contributed by atoms with Crippen LogP contribution in [-0.4, -0.2) is 30.1 Å². The van der Waals surface area contributed by atoms with E-state index in [2.05, 4.69) is 15.2 Å². The van der Waals surface area contributed by atoms with Gasteiger partial charge in [-0.15, -0.1) is 0 Å². The number of carbonyl (C=O) groups excluding carboxylic acids is 1. The highest BCUT2D eigenvalue weighted by molar-refractivity contribution is 5.98. The molecule has 0 radical (unpaired) electrons. The minimum atomic E-state index is -0.902. The van der Waals surface area contributed by atoms with Crippen LogP contribution in [0.1, 0.15) is 34.5 Å². The van der Waals surface area contributed by atoms with Crippen LogP contribution in [0.15, 0.2) is 24.3 Å². The molecule has 4 rings (SSSR count). The lowest BCUT2D eigenvalue weighted by molar-refractivity contribution is 0.0965. The molecular formula is C19H19F2N3O2. The summed E-state index contributed by atoms with van der Waals surface area (Å²) in [6.07, 6.45) is 1.47. The first-order valence-corrected chi connectivity index (χ1v) is 8.66. The third-order valence-electron chi connectivity index (χ3n) is 4.86. The summed E-state index contributed by atoms with van der Waals surface area (Å²) < 4.78 is 32.1. The zero-order valence-electron chi connectivity index (χ0n) is 14.4. The van der Waals surface area contributed by atoms with E-state index < -0.39 is 11.6 Å². The normalized spacial score (nSPS) is 17.2. The molecule has 0 unspecified atom stereocenters. The summed E-state index contributed by atoms with van der Waals surface area (Å²) in [5.41, 5.74) is 2.42. The lowest BCUT2D eigenvalue weighted by Gasteiger charge is -2.34. The van der Waals surface area contributed by atoms with Gasteiger partial charge in [-0.25, -0.2) is 13.8 Å². The minimum absolute atomic E-state index is 0.0471. The van der Waals surface area contributed by atoms with E-state index in [1.165, 1.54) is 6.07 Å². The number of hydrogen-bond donors (Lipinski definition) is 1. The van der Waals surface area contributed by atoms with Crippen molar-refractivity contribution in [2.45, 2.75) is 32.4 Å². The van der Waals surface area contributed by atoms with Crippen molar-refractivity contribution in [2.24, 2.45) is 0 Å². The molecule has 2 aliphatic rings. The quantitative estimate of drug-likeness (QED) is 0.916. The molecule has 2 aromatic rings. The van der Waals surface area contributed by atoms with Crippen LogP contribution in [0.5, 0.6) is 5.75 Å². The van der Waals surface area contributed by atoms with Gasteiger partial charge >= 0.3 is 0 Å². The molecule has 5 nitrogen and oxygen atoms in total. The van der Waals surface area contributed by atoms with E-state index in [4.69, 9.17) is 4.74 Å². The van der Waals surface area contributed by atoms with Crippen molar-refractivity contribution < 1.29 is 18.3 Å². The lowest BCUT2D eigenvalue weighted by Crippen LogP contribution is -2.39. The third-order valence-corrected chi connectivity index (χ3v) is 4.86. The Morgan fingerprint density at radius 1 is 1.19 bits per heavy atom. The summed E-state index contributed by atoms with van der Waals surface area (Å²) in [5, 5.41) is 2.79. The SMILES string of the molecule is Cc1cc2c(nc1N1CCC(Oc3ccc(F)c(F)c3)CC1)CNC2=O. The van der Waals surface area contributed by atoms with Gasteiger partial charge in [0.15, 0.2) is 11.6 Å². The highest BCUT2D eigenvalue weighted by Crippen LogP contribution is 2.27. The van der Waals surface area contributed by atoms with Gasteiger partial charge in [0, 0.05) is 32.0 Å². The smallest absolute Gasteiger partial charge is 0.253 e. The number of amides is 1. The van der Waals surface area contributed by atoms with E-state index in [1.54, 1.807) is 0 Å². The summed E-state index contributed by atoms with van der Waals surface area (Å²) >= 11 is 0. The number of aryl methyl sites for hydroxylation is 1. The number of fused-ring (bicyclic) bond motifs is 1.